The summed E-state index contributed by atoms with van der Waals surface area (Å²) in [4.78, 5) is 22.0. The Bertz CT molecular complexity index is 2400. The Labute approximate surface area is 380 Å². The predicted molar refractivity (Wildman–Crippen MR) is 269 cm³/mol. The van der Waals surface area contributed by atoms with E-state index >= 15 is 0 Å². The fourth-order valence-corrected chi connectivity index (χ4v) is 6.82. The van der Waals surface area contributed by atoms with E-state index < -0.39 is 17.5 Å². The SMILES string of the molecule is CC(C)(C)C#CC1=CCC(C)(C)c2ccc(/C=C/c3ccc(C(=O)O)cc3)cc21.CC(C)(O)/C=C\C1=CCC(C)(C)c2ccc(/C=C/c3ccc(C(=O)O)cc3)cc21.II. The van der Waals surface area contributed by atoms with Crippen LogP contribution in [0.2, 0.25) is 0 Å². The number of carbonyl (C=O) groups is 2. The van der Waals surface area contributed by atoms with Crippen molar-refractivity contribution >= 4 is 84.6 Å². The van der Waals surface area contributed by atoms with E-state index in [1.54, 1.807) is 50.2 Å². The summed E-state index contributed by atoms with van der Waals surface area (Å²) in [5, 5.41) is 28.1. The maximum absolute atomic E-state index is 11.0. The molecule has 0 aliphatic heterocycles. The van der Waals surface area contributed by atoms with Crippen molar-refractivity contribution in [3.8, 4) is 11.8 Å². The van der Waals surface area contributed by atoms with Gasteiger partial charge in [-0.3, -0.25) is 0 Å². The molecule has 4 aromatic rings. The first-order valence-corrected chi connectivity index (χ1v) is 26.2. The molecule has 0 amide bonds. The molecule has 0 fully saturated rings. The average Bonchev–Trinajstić information content (AvgIpc) is 3.19. The number of hydrogen-bond donors (Lipinski definition) is 3. The Hall–Kier alpha value is -4.50. The number of hydrogen-bond acceptors (Lipinski definition) is 3. The minimum Gasteiger partial charge on any atom is -0.478 e. The van der Waals surface area contributed by atoms with Crippen LogP contribution >= 0.6 is 37.2 Å². The van der Waals surface area contributed by atoms with E-state index in [1.807, 2.05) is 42.5 Å². The molecule has 0 saturated carbocycles. The molecule has 312 valence electrons. The number of carboxylic acids is 2. The van der Waals surface area contributed by atoms with Crippen LogP contribution in [0, 0.1) is 17.3 Å². The summed E-state index contributed by atoms with van der Waals surface area (Å²) in [7, 11) is 0. The number of allylic oxidation sites excluding steroid dienone is 5. The smallest absolute Gasteiger partial charge is 0.335 e. The Morgan fingerprint density at radius 3 is 1.43 bits per heavy atom. The molecule has 0 aromatic heterocycles. The van der Waals surface area contributed by atoms with Gasteiger partial charge in [-0.05, 0) is 145 Å². The van der Waals surface area contributed by atoms with Crippen molar-refractivity contribution in [1.29, 1.82) is 0 Å². The van der Waals surface area contributed by atoms with Crippen molar-refractivity contribution in [3.63, 3.8) is 0 Å². The highest BCUT2D eigenvalue weighted by Crippen LogP contribution is 2.41. The number of aromatic carboxylic acids is 2. The fourth-order valence-electron chi connectivity index (χ4n) is 6.82. The van der Waals surface area contributed by atoms with Crippen LogP contribution < -0.4 is 0 Å². The van der Waals surface area contributed by atoms with Gasteiger partial charge in [0.15, 0.2) is 0 Å². The first-order valence-electron chi connectivity index (χ1n) is 19.9. The zero-order valence-corrected chi connectivity index (χ0v) is 40.3. The van der Waals surface area contributed by atoms with Gasteiger partial charge in [0.25, 0.3) is 0 Å². The van der Waals surface area contributed by atoms with Gasteiger partial charge in [-0.2, -0.15) is 0 Å². The molecular weight excluding hydrogens is 970 g/mol. The molecule has 2 aliphatic carbocycles. The van der Waals surface area contributed by atoms with Gasteiger partial charge in [0, 0.05) is 48.2 Å². The van der Waals surface area contributed by atoms with Crippen LogP contribution in [-0.2, 0) is 10.8 Å². The van der Waals surface area contributed by atoms with Crippen LogP contribution in [0.4, 0.5) is 0 Å². The maximum Gasteiger partial charge on any atom is 0.335 e. The minimum absolute atomic E-state index is 0.0341. The van der Waals surface area contributed by atoms with Crippen LogP contribution in [0.5, 0.6) is 0 Å². The van der Waals surface area contributed by atoms with E-state index in [0.717, 1.165) is 46.2 Å². The third kappa shape index (κ3) is 13.8. The highest BCUT2D eigenvalue weighted by atomic mass is 128. The van der Waals surface area contributed by atoms with Crippen LogP contribution in [0.15, 0.2) is 109 Å². The Morgan fingerprint density at radius 1 is 0.600 bits per heavy atom. The summed E-state index contributed by atoms with van der Waals surface area (Å²) in [5.74, 6) is 4.94. The van der Waals surface area contributed by atoms with E-state index in [4.69, 9.17) is 10.2 Å². The molecule has 0 radical (unpaired) electrons. The van der Waals surface area contributed by atoms with Gasteiger partial charge < -0.3 is 15.3 Å². The van der Waals surface area contributed by atoms with Crippen molar-refractivity contribution in [3.05, 3.63) is 165 Å². The third-order valence-corrected chi connectivity index (χ3v) is 10.3. The van der Waals surface area contributed by atoms with Gasteiger partial charge in [0.2, 0.25) is 0 Å². The molecule has 0 bridgehead atoms. The average molecular weight is 1030 g/mol. The lowest BCUT2D eigenvalue weighted by molar-refractivity contribution is 0.0686. The van der Waals surface area contributed by atoms with Gasteiger partial charge in [0.1, 0.15) is 0 Å². The van der Waals surface area contributed by atoms with Gasteiger partial charge in [-0.25, -0.2) is 9.59 Å². The Morgan fingerprint density at radius 2 is 1.00 bits per heavy atom. The number of aliphatic hydroxyl groups is 1. The monoisotopic (exact) mass is 1030 g/mol. The summed E-state index contributed by atoms with van der Waals surface area (Å²) < 4.78 is 0. The van der Waals surface area contributed by atoms with E-state index in [1.165, 1.54) is 22.3 Å². The summed E-state index contributed by atoms with van der Waals surface area (Å²) in [6.45, 7) is 19.0. The molecule has 60 heavy (non-hydrogen) atoms. The molecule has 4 aromatic carbocycles. The molecule has 0 saturated heterocycles. The number of fused-ring (bicyclic) bond motifs is 2. The van der Waals surface area contributed by atoms with Crippen molar-refractivity contribution in [2.24, 2.45) is 5.41 Å². The van der Waals surface area contributed by atoms with Crippen molar-refractivity contribution in [1.82, 2.24) is 0 Å². The Kier molecular flexibility index (Phi) is 16.4. The van der Waals surface area contributed by atoms with E-state index in [-0.39, 0.29) is 21.8 Å². The standard InChI is InChI=1S/C27H28O2.C26H28O3.I2/c1-26(2,3)16-14-21-15-17-27(4,5)24-13-10-20(18-23(21)24)7-6-19-8-11-22(12-9-19)25(28)29;1-25(2)15-13-20(14-16-26(3,4)29)22-17-19(9-12-23(22)25)6-5-18-7-10-21(11-8-18)24(27)28;1-2/h6-13,15,18H,17H2,1-5H3,(H,28,29);5-14,16-17,29H,15H2,1-4H3,(H,27,28);/b7-6+;6-5+,16-14-;. The van der Waals surface area contributed by atoms with Crippen molar-refractivity contribution in [2.75, 3.05) is 0 Å². The maximum atomic E-state index is 11.0. The van der Waals surface area contributed by atoms with Crippen LogP contribution in [0.25, 0.3) is 35.5 Å². The lowest BCUT2D eigenvalue weighted by atomic mass is 9.73. The summed E-state index contributed by atoms with van der Waals surface area (Å²) in [6.07, 6.45) is 18.4. The number of benzene rings is 4. The molecule has 0 unspecified atom stereocenters. The fraction of sp³-hybridized carbons (Fsp3) is 0.283. The molecule has 3 N–H and O–H groups in total. The largest absolute Gasteiger partial charge is 0.478 e. The second-order valence-electron chi connectivity index (χ2n) is 18.1. The molecule has 2 aliphatic rings. The molecule has 5 nitrogen and oxygen atoms in total. The van der Waals surface area contributed by atoms with E-state index in [9.17, 15) is 14.7 Å². The molecule has 0 heterocycles. The summed E-state index contributed by atoms with van der Waals surface area (Å²) >= 11 is 4.24. The van der Waals surface area contributed by atoms with Gasteiger partial charge >= 0.3 is 11.9 Å². The molecular formula is C53H56I2O5. The van der Waals surface area contributed by atoms with Gasteiger partial charge in [-0.1, -0.05) is 137 Å². The normalized spacial score (nSPS) is 15.3. The predicted octanol–water partition coefficient (Wildman–Crippen LogP) is 14.4. The van der Waals surface area contributed by atoms with Crippen LogP contribution in [0.1, 0.15) is 140 Å². The first kappa shape index (κ1) is 48.2. The third-order valence-electron chi connectivity index (χ3n) is 10.3. The van der Waals surface area contributed by atoms with E-state index in [2.05, 4.69) is 152 Å². The lowest BCUT2D eigenvalue weighted by Gasteiger charge is -2.32. The van der Waals surface area contributed by atoms with Crippen molar-refractivity contribution < 1.29 is 24.9 Å². The molecule has 0 atom stereocenters. The quantitative estimate of drug-likeness (QED) is 0.0929. The summed E-state index contributed by atoms with van der Waals surface area (Å²) in [6, 6.07) is 26.8. The highest BCUT2D eigenvalue weighted by molar-refractivity contribution is 15.0. The highest BCUT2D eigenvalue weighted by Gasteiger charge is 2.29. The minimum atomic E-state index is -0.920. The second kappa shape index (κ2) is 20.4. The van der Waals surface area contributed by atoms with Gasteiger partial charge in [0.05, 0.1) is 16.7 Å². The zero-order chi connectivity index (χ0) is 44.5. The van der Waals surface area contributed by atoms with Gasteiger partial charge in [-0.15, -0.1) is 0 Å². The van der Waals surface area contributed by atoms with E-state index in [0.29, 0.717) is 5.56 Å². The summed E-state index contributed by atoms with van der Waals surface area (Å²) in [5.41, 5.74) is 11.2. The lowest BCUT2D eigenvalue weighted by Crippen LogP contribution is -2.21. The van der Waals surface area contributed by atoms with Crippen molar-refractivity contribution in [2.45, 2.75) is 91.6 Å². The number of rotatable bonds is 8. The van der Waals surface area contributed by atoms with Crippen LogP contribution in [-0.4, -0.2) is 32.9 Å². The molecule has 7 heteroatoms. The Balaban J connectivity index is 0.000000254. The number of halogens is 2. The number of carboxylic acid groups (broad SMARTS) is 2. The second-order valence-corrected chi connectivity index (χ2v) is 18.1. The van der Waals surface area contributed by atoms with Crippen LogP contribution in [0.3, 0.4) is 0 Å². The molecule has 0 spiro atoms. The molecule has 6 rings (SSSR count). The topological polar surface area (TPSA) is 94.8 Å². The first-order chi connectivity index (χ1) is 28.1. The zero-order valence-electron chi connectivity index (χ0n) is 36.0.